The summed E-state index contributed by atoms with van der Waals surface area (Å²) in [6, 6.07) is 6.31. The number of nitrogens with one attached hydrogen (secondary N) is 1. The summed E-state index contributed by atoms with van der Waals surface area (Å²) in [5.41, 5.74) is 4.57. The number of pyridine rings is 1. The lowest BCUT2D eigenvalue weighted by atomic mass is 10.1. The fourth-order valence-electron chi connectivity index (χ4n) is 3.37. The van der Waals surface area contributed by atoms with Crippen molar-refractivity contribution in [3.63, 3.8) is 0 Å². The van der Waals surface area contributed by atoms with E-state index in [4.69, 9.17) is 9.84 Å². The van der Waals surface area contributed by atoms with Crippen LogP contribution in [0.5, 0.6) is 0 Å². The summed E-state index contributed by atoms with van der Waals surface area (Å²) in [4.78, 5) is 16.6. The van der Waals surface area contributed by atoms with E-state index < -0.39 is 0 Å². The molecule has 4 aromatic rings. The zero-order valence-corrected chi connectivity index (χ0v) is 15.6. The molecule has 7 nitrogen and oxygen atoms in total. The monoisotopic (exact) mass is 378 g/mol. The molecule has 1 atom stereocenters. The highest BCUT2D eigenvalue weighted by Gasteiger charge is 2.23. The summed E-state index contributed by atoms with van der Waals surface area (Å²) in [5, 5.41) is 6.71. The third-order valence-corrected chi connectivity index (χ3v) is 5.34. The van der Waals surface area contributed by atoms with Crippen LogP contribution in [0.4, 0.5) is 0 Å². The minimum absolute atomic E-state index is 0.253. The molecule has 1 aliphatic rings. The summed E-state index contributed by atoms with van der Waals surface area (Å²) in [5.74, 6) is 0. The fourth-order valence-corrected chi connectivity index (χ4v) is 3.72. The summed E-state index contributed by atoms with van der Waals surface area (Å²) in [6.07, 6.45) is 10.6. The highest BCUT2D eigenvalue weighted by molar-refractivity contribution is 7.98. The Hall–Kier alpha value is -2.71. The van der Waals surface area contributed by atoms with Crippen molar-refractivity contribution in [3.8, 4) is 22.5 Å². The normalized spacial score (nSPS) is 17.0. The maximum absolute atomic E-state index is 5.55. The number of hydrogen-bond donors (Lipinski definition) is 1. The van der Waals surface area contributed by atoms with Crippen molar-refractivity contribution < 1.29 is 4.74 Å². The zero-order valence-electron chi connectivity index (χ0n) is 14.8. The summed E-state index contributed by atoms with van der Waals surface area (Å²) >= 11 is 1.53. The number of fused-ring (bicyclic) bond motifs is 1. The Morgan fingerprint density at radius 1 is 1.30 bits per heavy atom. The quantitative estimate of drug-likeness (QED) is 0.432. The Kier molecular flexibility index (Phi) is 4.14. The molecule has 5 heterocycles. The summed E-state index contributed by atoms with van der Waals surface area (Å²) < 4.78 is 7.56. The van der Waals surface area contributed by atoms with Gasteiger partial charge >= 0.3 is 0 Å². The first-order valence-electron chi connectivity index (χ1n) is 8.79. The maximum Gasteiger partial charge on any atom is 0.187 e. The standard InChI is InChI=1S/C19H18N6OS/c1-27-19-21-6-3-16(23-19)15-10-25(14-4-7-26-11-14)24-17(15)13-8-12-2-5-20-18(12)22-9-13/h2-3,5-6,8-10,14H,4,7,11H2,1H3,(H,20,22). The molecule has 0 radical (unpaired) electrons. The lowest BCUT2D eigenvalue weighted by Crippen LogP contribution is -2.09. The molecule has 1 saturated heterocycles. The highest BCUT2D eigenvalue weighted by Crippen LogP contribution is 2.33. The third-order valence-electron chi connectivity index (χ3n) is 4.78. The van der Waals surface area contributed by atoms with E-state index in [9.17, 15) is 0 Å². The average Bonchev–Trinajstić information content (AvgIpc) is 3.47. The van der Waals surface area contributed by atoms with Crippen LogP contribution in [0.1, 0.15) is 12.5 Å². The highest BCUT2D eigenvalue weighted by atomic mass is 32.2. The molecule has 0 aliphatic carbocycles. The molecular formula is C19H18N6OS. The van der Waals surface area contributed by atoms with Crippen LogP contribution in [-0.4, -0.2) is 49.2 Å². The van der Waals surface area contributed by atoms with Gasteiger partial charge in [0.2, 0.25) is 0 Å². The number of aromatic amines is 1. The number of H-pyrrole nitrogens is 1. The van der Waals surface area contributed by atoms with Crippen LogP contribution >= 0.6 is 11.8 Å². The van der Waals surface area contributed by atoms with Crippen molar-refractivity contribution in [2.45, 2.75) is 17.6 Å². The van der Waals surface area contributed by atoms with Gasteiger partial charge in [-0.05, 0) is 30.9 Å². The molecular weight excluding hydrogens is 360 g/mol. The molecule has 1 fully saturated rings. The number of aromatic nitrogens is 6. The van der Waals surface area contributed by atoms with Crippen LogP contribution in [0.25, 0.3) is 33.5 Å². The van der Waals surface area contributed by atoms with Crippen molar-refractivity contribution in [3.05, 3.63) is 43.0 Å². The van der Waals surface area contributed by atoms with E-state index in [1.807, 2.05) is 35.5 Å². The van der Waals surface area contributed by atoms with E-state index in [-0.39, 0.29) is 6.04 Å². The van der Waals surface area contributed by atoms with Gasteiger partial charge in [0.15, 0.2) is 5.16 Å². The Labute approximate surface area is 160 Å². The van der Waals surface area contributed by atoms with E-state index in [0.717, 1.165) is 51.7 Å². The molecule has 0 aromatic carbocycles. The Morgan fingerprint density at radius 3 is 3.11 bits per heavy atom. The van der Waals surface area contributed by atoms with E-state index >= 15 is 0 Å². The van der Waals surface area contributed by atoms with Gasteiger partial charge in [-0.1, -0.05) is 11.8 Å². The Morgan fingerprint density at radius 2 is 2.26 bits per heavy atom. The van der Waals surface area contributed by atoms with Crippen LogP contribution in [0.15, 0.2) is 48.1 Å². The van der Waals surface area contributed by atoms with Gasteiger partial charge in [-0.2, -0.15) is 5.10 Å². The molecule has 1 N–H and O–H groups in total. The molecule has 5 rings (SSSR count). The maximum atomic E-state index is 5.55. The molecule has 0 bridgehead atoms. The lowest BCUT2D eigenvalue weighted by molar-refractivity contribution is 0.184. The van der Waals surface area contributed by atoms with Crippen LogP contribution in [-0.2, 0) is 4.74 Å². The second-order valence-electron chi connectivity index (χ2n) is 6.46. The molecule has 1 unspecified atom stereocenters. The summed E-state index contributed by atoms with van der Waals surface area (Å²) in [7, 11) is 0. The molecule has 4 aromatic heterocycles. The van der Waals surface area contributed by atoms with Crippen molar-refractivity contribution in [1.29, 1.82) is 0 Å². The predicted molar refractivity (Wildman–Crippen MR) is 105 cm³/mol. The fraction of sp³-hybridized carbons (Fsp3) is 0.263. The van der Waals surface area contributed by atoms with E-state index in [1.54, 1.807) is 6.20 Å². The SMILES string of the molecule is CSc1nccc(-c2cn(C3CCOC3)nc2-c2cnc3[nH]ccc3c2)n1. The van der Waals surface area contributed by atoms with Gasteiger partial charge < -0.3 is 9.72 Å². The van der Waals surface area contributed by atoms with Gasteiger partial charge in [-0.25, -0.2) is 15.0 Å². The van der Waals surface area contributed by atoms with Gasteiger partial charge in [-0.15, -0.1) is 0 Å². The van der Waals surface area contributed by atoms with Crippen molar-refractivity contribution in [2.24, 2.45) is 0 Å². The van der Waals surface area contributed by atoms with E-state index in [1.165, 1.54) is 11.8 Å². The molecule has 1 aliphatic heterocycles. The molecule has 0 saturated carbocycles. The van der Waals surface area contributed by atoms with Gasteiger partial charge in [0.05, 0.1) is 18.3 Å². The van der Waals surface area contributed by atoms with Crippen LogP contribution < -0.4 is 0 Å². The first-order valence-corrected chi connectivity index (χ1v) is 10.0. The molecule has 8 heteroatoms. The van der Waals surface area contributed by atoms with Crippen LogP contribution in [0.2, 0.25) is 0 Å². The molecule has 136 valence electrons. The zero-order chi connectivity index (χ0) is 18.2. The number of thioether (sulfide) groups is 1. The smallest absolute Gasteiger partial charge is 0.187 e. The van der Waals surface area contributed by atoms with Gasteiger partial charge in [-0.3, -0.25) is 4.68 Å². The number of hydrogen-bond acceptors (Lipinski definition) is 6. The topological polar surface area (TPSA) is 81.5 Å². The molecule has 0 amide bonds. The number of ether oxygens (including phenoxy) is 1. The second kappa shape index (κ2) is 6.79. The molecule has 0 spiro atoms. The van der Waals surface area contributed by atoms with Crippen molar-refractivity contribution in [1.82, 2.24) is 29.7 Å². The first-order chi connectivity index (χ1) is 13.3. The Bertz CT molecular complexity index is 1100. The van der Waals surface area contributed by atoms with Crippen molar-refractivity contribution in [2.75, 3.05) is 19.5 Å². The summed E-state index contributed by atoms with van der Waals surface area (Å²) in [6.45, 7) is 1.46. The second-order valence-corrected chi connectivity index (χ2v) is 7.23. The van der Waals surface area contributed by atoms with Gasteiger partial charge in [0.1, 0.15) is 11.3 Å². The van der Waals surface area contributed by atoms with E-state index in [2.05, 4.69) is 32.2 Å². The predicted octanol–water partition coefficient (Wildman–Crippen LogP) is 3.57. The lowest BCUT2D eigenvalue weighted by Gasteiger charge is -2.07. The largest absolute Gasteiger partial charge is 0.379 e. The third kappa shape index (κ3) is 3.00. The van der Waals surface area contributed by atoms with Gasteiger partial charge in [0.25, 0.3) is 0 Å². The van der Waals surface area contributed by atoms with Crippen LogP contribution in [0.3, 0.4) is 0 Å². The van der Waals surface area contributed by atoms with Crippen LogP contribution in [0, 0.1) is 0 Å². The minimum atomic E-state index is 0.253. The minimum Gasteiger partial charge on any atom is -0.379 e. The van der Waals surface area contributed by atoms with E-state index in [0.29, 0.717) is 6.61 Å². The Balaban J connectivity index is 1.67. The number of rotatable bonds is 4. The van der Waals surface area contributed by atoms with Crippen molar-refractivity contribution >= 4 is 22.8 Å². The van der Waals surface area contributed by atoms with Gasteiger partial charge in [0, 0.05) is 47.9 Å². The average molecular weight is 378 g/mol. The number of nitrogens with zero attached hydrogens (tertiary/aromatic N) is 5. The first kappa shape index (κ1) is 16.5. The molecule has 27 heavy (non-hydrogen) atoms.